The third kappa shape index (κ3) is 2.53. The molecule has 0 aliphatic carbocycles. The fraction of sp³-hybridized carbons (Fsp3) is 0.188. The Morgan fingerprint density at radius 3 is 2.61 bits per heavy atom. The van der Waals surface area contributed by atoms with Gasteiger partial charge >= 0.3 is 5.97 Å². The van der Waals surface area contributed by atoms with Gasteiger partial charge < -0.3 is 5.11 Å². The van der Waals surface area contributed by atoms with Crippen LogP contribution >= 0.6 is 11.3 Å². The van der Waals surface area contributed by atoms with Gasteiger partial charge in [0.05, 0.1) is 11.7 Å². The van der Waals surface area contributed by atoms with E-state index in [-0.39, 0.29) is 5.82 Å². The number of hydrogen-bond acceptors (Lipinski definition) is 4. The number of aromatic nitrogens is 2. The van der Waals surface area contributed by atoms with Gasteiger partial charge in [0.25, 0.3) is 5.56 Å². The maximum atomic E-state index is 13.1. The Kier molecular flexibility index (Phi) is 3.73. The van der Waals surface area contributed by atoms with Crippen molar-refractivity contribution < 1.29 is 14.3 Å². The minimum Gasteiger partial charge on any atom is -0.480 e. The molecule has 0 unspecified atom stereocenters. The van der Waals surface area contributed by atoms with E-state index >= 15 is 0 Å². The van der Waals surface area contributed by atoms with Crippen LogP contribution in [0.5, 0.6) is 0 Å². The van der Waals surface area contributed by atoms with Crippen molar-refractivity contribution in [3.05, 3.63) is 51.6 Å². The molecular formula is C16H13FN2O3S. The molecule has 5 nitrogen and oxygen atoms in total. The third-order valence-corrected chi connectivity index (χ3v) is 4.73. The standard InChI is InChI=1S/C16H13FN2O3S/c1-8(16(21)22)19-7-18-14-13(15(19)20)12(9(2)23-14)10-3-5-11(17)6-4-10/h3-8H,1-2H3,(H,21,22)/t8-/m0/s1. The van der Waals surface area contributed by atoms with Crippen molar-refractivity contribution in [2.75, 3.05) is 0 Å². The second-order valence-electron chi connectivity index (χ2n) is 5.19. The summed E-state index contributed by atoms with van der Waals surface area (Å²) in [5.74, 6) is -1.47. The number of thiophene rings is 1. The molecule has 0 saturated carbocycles. The number of hydrogen-bond donors (Lipinski definition) is 1. The summed E-state index contributed by atoms with van der Waals surface area (Å²) in [6.45, 7) is 3.28. The van der Waals surface area contributed by atoms with E-state index in [1.807, 2.05) is 6.92 Å². The van der Waals surface area contributed by atoms with Crippen LogP contribution in [-0.2, 0) is 4.79 Å². The zero-order valence-corrected chi connectivity index (χ0v) is 13.2. The molecule has 118 valence electrons. The molecule has 23 heavy (non-hydrogen) atoms. The number of carboxylic acid groups (broad SMARTS) is 1. The van der Waals surface area contributed by atoms with Gasteiger partial charge in [-0.15, -0.1) is 11.3 Å². The topological polar surface area (TPSA) is 72.2 Å². The Hall–Kier alpha value is -2.54. The lowest BCUT2D eigenvalue weighted by molar-refractivity contribution is -0.140. The van der Waals surface area contributed by atoms with E-state index in [1.54, 1.807) is 12.1 Å². The molecule has 0 amide bonds. The highest BCUT2D eigenvalue weighted by Crippen LogP contribution is 2.35. The minimum absolute atomic E-state index is 0.360. The normalized spacial score (nSPS) is 12.5. The lowest BCUT2D eigenvalue weighted by Crippen LogP contribution is -2.28. The van der Waals surface area contributed by atoms with Crippen LogP contribution in [0.4, 0.5) is 4.39 Å². The molecule has 3 aromatic rings. The van der Waals surface area contributed by atoms with Gasteiger partial charge in [0.15, 0.2) is 0 Å². The van der Waals surface area contributed by atoms with E-state index in [1.165, 1.54) is 36.7 Å². The van der Waals surface area contributed by atoms with Crippen LogP contribution in [-0.4, -0.2) is 20.6 Å². The molecule has 0 spiro atoms. The largest absolute Gasteiger partial charge is 0.480 e. The van der Waals surface area contributed by atoms with Crippen LogP contribution in [0.2, 0.25) is 0 Å². The molecule has 1 N–H and O–H groups in total. The van der Waals surface area contributed by atoms with Gasteiger partial charge in [-0.3, -0.25) is 9.36 Å². The quantitative estimate of drug-likeness (QED) is 0.799. The summed E-state index contributed by atoms with van der Waals surface area (Å²) in [4.78, 5) is 29.5. The van der Waals surface area contributed by atoms with Gasteiger partial charge in [-0.2, -0.15) is 0 Å². The Morgan fingerprint density at radius 2 is 2.00 bits per heavy atom. The summed E-state index contributed by atoms with van der Waals surface area (Å²) in [6, 6.07) is 4.84. The van der Waals surface area contributed by atoms with Gasteiger partial charge in [-0.1, -0.05) is 12.1 Å². The Balaban J connectivity index is 2.32. The molecule has 2 heterocycles. The van der Waals surface area contributed by atoms with Crippen LogP contribution in [0, 0.1) is 12.7 Å². The SMILES string of the molecule is Cc1sc2ncn([C@@H](C)C(=O)O)c(=O)c2c1-c1ccc(F)cc1. The Morgan fingerprint density at radius 1 is 1.35 bits per heavy atom. The van der Waals surface area contributed by atoms with Crippen molar-refractivity contribution in [1.29, 1.82) is 0 Å². The van der Waals surface area contributed by atoms with Crippen molar-refractivity contribution in [2.24, 2.45) is 0 Å². The molecule has 0 aliphatic heterocycles. The number of fused-ring (bicyclic) bond motifs is 1. The third-order valence-electron chi connectivity index (χ3n) is 3.72. The number of halogens is 1. The van der Waals surface area contributed by atoms with Crippen molar-refractivity contribution in [1.82, 2.24) is 9.55 Å². The van der Waals surface area contributed by atoms with E-state index in [0.717, 1.165) is 9.44 Å². The van der Waals surface area contributed by atoms with E-state index in [9.17, 15) is 14.0 Å². The summed E-state index contributed by atoms with van der Waals surface area (Å²) in [7, 11) is 0. The van der Waals surface area contributed by atoms with E-state index < -0.39 is 17.6 Å². The highest BCUT2D eigenvalue weighted by atomic mass is 32.1. The van der Waals surface area contributed by atoms with Crippen LogP contribution in [0.25, 0.3) is 21.3 Å². The molecule has 1 atom stereocenters. The summed E-state index contributed by atoms with van der Waals surface area (Å²) >= 11 is 1.36. The first-order valence-electron chi connectivity index (χ1n) is 6.89. The predicted octanol–water partition coefficient (Wildman–Crippen LogP) is 3.22. The number of benzene rings is 1. The van der Waals surface area contributed by atoms with Gasteiger partial charge in [-0.05, 0) is 31.5 Å². The fourth-order valence-electron chi connectivity index (χ4n) is 2.47. The maximum Gasteiger partial charge on any atom is 0.326 e. The first-order valence-corrected chi connectivity index (χ1v) is 7.70. The van der Waals surface area contributed by atoms with E-state index in [0.29, 0.717) is 21.3 Å². The summed E-state index contributed by atoms with van der Waals surface area (Å²) in [5.41, 5.74) is 0.970. The Labute approximate surface area is 134 Å². The second kappa shape index (κ2) is 5.58. The highest BCUT2D eigenvalue weighted by molar-refractivity contribution is 7.19. The molecular weight excluding hydrogens is 319 g/mol. The number of carbonyl (C=O) groups is 1. The van der Waals surface area contributed by atoms with Gasteiger partial charge in [-0.25, -0.2) is 14.2 Å². The molecule has 0 bridgehead atoms. The van der Waals surface area contributed by atoms with Gasteiger partial charge in [0, 0.05) is 10.4 Å². The van der Waals surface area contributed by atoms with Crippen LogP contribution in [0.1, 0.15) is 17.8 Å². The maximum absolute atomic E-state index is 13.1. The predicted molar refractivity (Wildman–Crippen MR) is 86.4 cm³/mol. The number of rotatable bonds is 3. The number of aryl methyl sites for hydroxylation is 1. The first-order chi connectivity index (χ1) is 10.9. The van der Waals surface area contributed by atoms with Crippen LogP contribution in [0.15, 0.2) is 35.4 Å². The van der Waals surface area contributed by atoms with E-state index in [2.05, 4.69) is 4.98 Å². The number of aliphatic carboxylic acids is 1. The van der Waals surface area contributed by atoms with E-state index in [4.69, 9.17) is 5.11 Å². The molecule has 0 radical (unpaired) electrons. The number of nitrogens with zero attached hydrogens (tertiary/aromatic N) is 2. The molecule has 0 aliphatic rings. The zero-order chi connectivity index (χ0) is 16.7. The average Bonchev–Trinajstić information content (AvgIpc) is 2.85. The molecule has 3 rings (SSSR count). The van der Waals surface area contributed by atoms with Crippen LogP contribution < -0.4 is 5.56 Å². The highest BCUT2D eigenvalue weighted by Gasteiger charge is 2.21. The van der Waals surface area contributed by atoms with Crippen molar-refractivity contribution in [3.63, 3.8) is 0 Å². The molecule has 0 fully saturated rings. The fourth-order valence-corrected chi connectivity index (χ4v) is 3.48. The zero-order valence-electron chi connectivity index (χ0n) is 12.4. The molecule has 7 heteroatoms. The smallest absolute Gasteiger partial charge is 0.326 e. The molecule has 1 aromatic carbocycles. The average molecular weight is 332 g/mol. The summed E-state index contributed by atoms with van der Waals surface area (Å²) < 4.78 is 14.2. The number of carboxylic acids is 1. The van der Waals surface area contributed by atoms with Gasteiger partial charge in [0.1, 0.15) is 16.7 Å². The summed E-state index contributed by atoms with van der Waals surface area (Å²) in [6.07, 6.45) is 1.26. The van der Waals surface area contributed by atoms with Crippen molar-refractivity contribution >= 4 is 27.5 Å². The molecule has 2 aromatic heterocycles. The van der Waals surface area contributed by atoms with Crippen LogP contribution in [0.3, 0.4) is 0 Å². The van der Waals surface area contributed by atoms with Crippen molar-refractivity contribution in [3.8, 4) is 11.1 Å². The first kappa shape index (κ1) is 15.4. The monoisotopic (exact) mass is 332 g/mol. The lowest BCUT2D eigenvalue weighted by Gasteiger charge is -2.10. The second-order valence-corrected chi connectivity index (χ2v) is 6.39. The Bertz CT molecular complexity index is 960. The molecule has 0 saturated heterocycles. The van der Waals surface area contributed by atoms with Crippen molar-refractivity contribution in [2.45, 2.75) is 19.9 Å². The van der Waals surface area contributed by atoms with Gasteiger partial charge in [0.2, 0.25) is 0 Å². The lowest BCUT2D eigenvalue weighted by atomic mass is 10.0. The minimum atomic E-state index is -1.11. The summed E-state index contributed by atoms with van der Waals surface area (Å²) in [5, 5.41) is 9.50.